The lowest BCUT2D eigenvalue weighted by atomic mass is 9.94. The largest absolute Gasteiger partial charge is 0.387 e. The highest BCUT2D eigenvalue weighted by Gasteiger charge is 2.62. The third kappa shape index (κ3) is 44.3. The first-order valence-corrected chi connectivity index (χ1v) is 59.2. The number of ether oxygens (including phenoxy) is 28. The number of aliphatic hydroxyl groups excluding tert-OH is 7. The lowest BCUT2D eigenvalue weighted by Crippen LogP contribution is -2.69. The van der Waals surface area contributed by atoms with Crippen LogP contribution in [0, 0.1) is 0 Å². The molecule has 0 amide bonds. The van der Waals surface area contributed by atoms with Crippen LogP contribution in [-0.4, -0.2) is 389 Å². The van der Waals surface area contributed by atoms with Gasteiger partial charge in [0.2, 0.25) is 0 Å². The second-order valence-corrected chi connectivity index (χ2v) is 41.7. The van der Waals surface area contributed by atoms with Crippen molar-refractivity contribution in [2.24, 2.45) is 0 Å². The first kappa shape index (κ1) is 131. The Morgan fingerprint density at radius 1 is 0.136 bits per heavy atom. The molecule has 0 spiro atoms. The van der Waals surface area contributed by atoms with E-state index in [9.17, 15) is 35.7 Å². The van der Waals surface area contributed by atoms with Gasteiger partial charge in [-0.15, -0.1) is 0 Å². The lowest BCUT2D eigenvalue weighted by molar-refractivity contribution is -0.403. The van der Waals surface area contributed by atoms with Crippen LogP contribution in [0.3, 0.4) is 0 Å². The molecular weight excluding hydrogens is 1910 g/mol. The standard InChI is InChI=1S/C112H210O35/c1-15-29-43-57-120-71-78-92-85(113)99(127-64-50-36-22-8)106(134-78)142-93-79(72-121-58-44-30-16-2)136-108(101(86(93)114)129-66-52-38-24-10)144-95-81(74-123-60-46-32-18-4)138-110(103(88(95)116)131-68-54-40-26-12)146-97-83(76-125-62-48-34-20-6)140-112(105(90(97)118)133-70-56-42-28-14)147-98-84(77-126-63-49-35-21-7)139-111(104(91(98)119)132-69-55-41-27-13)145-96-82(75-124-61-47-33-19-5)137-109(102(89(96)117)130-67-53-39-25-11)143-94-80(73-122-59-45-31-17-3)135-107(141-92)100(87(94)115)128-65-51-37-23-9/h78-119H,15-77H2,1-14H3/t78-,79-,80-,81-,82-,83-,84-,85+,86+,87+,88+,89+,90+,91+,92-,93-,94-,95-,96-,97-,98-,99-,100-,101-,102-,103-,104-,105-,106-,107-,108-,109-,110-,111-,112-/m1/s1. The molecule has 7 N–H and O–H groups in total. The van der Waals surface area contributed by atoms with Gasteiger partial charge in [-0.2, -0.15) is 0 Å². The van der Waals surface area contributed by atoms with Gasteiger partial charge in [0.25, 0.3) is 0 Å². The highest BCUT2D eigenvalue weighted by atomic mass is 16.8. The van der Waals surface area contributed by atoms with E-state index < -0.39 is 215 Å². The minimum atomic E-state index is -1.64. The normalized spacial score (nSPS) is 34.7. The van der Waals surface area contributed by atoms with Crippen LogP contribution in [0.5, 0.6) is 0 Å². The van der Waals surface area contributed by atoms with Gasteiger partial charge in [-0.25, -0.2) is 0 Å². The molecule has 21 aliphatic rings. The van der Waals surface area contributed by atoms with Crippen molar-refractivity contribution < 1.29 is 168 Å². The summed E-state index contributed by atoms with van der Waals surface area (Å²) in [6.07, 6.45) is -17.0. The van der Waals surface area contributed by atoms with Crippen LogP contribution in [0.25, 0.3) is 0 Å². The van der Waals surface area contributed by atoms with Gasteiger partial charge in [0.1, 0.15) is 171 Å². The molecule has 21 aliphatic heterocycles. The summed E-state index contributed by atoms with van der Waals surface area (Å²) in [5.41, 5.74) is 0. The fraction of sp³-hybridized carbons (Fsp3) is 1.00. The molecule has 0 radical (unpaired) electrons. The summed E-state index contributed by atoms with van der Waals surface area (Å²) in [4.78, 5) is 0. The van der Waals surface area contributed by atoms with Gasteiger partial charge in [0.15, 0.2) is 44.0 Å². The zero-order valence-electron chi connectivity index (χ0n) is 93.3. The van der Waals surface area contributed by atoms with Gasteiger partial charge in [-0.3, -0.25) is 0 Å². The number of rotatable bonds is 77. The maximum Gasteiger partial charge on any atom is 0.187 e. The monoisotopic (exact) mass is 2120 g/mol. The molecule has 0 aliphatic carbocycles. The van der Waals surface area contributed by atoms with Crippen molar-refractivity contribution in [2.45, 2.75) is 582 Å². The highest BCUT2D eigenvalue weighted by molar-refractivity contribution is 5.04. The number of hydrogen-bond donors (Lipinski definition) is 7. The van der Waals surface area contributed by atoms with Gasteiger partial charge in [-0.1, -0.05) is 277 Å². The molecule has 0 aromatic rings. The summed E-state index contributed by atoms with van der Waals surface area (Å²) >= 11 is 0. The zero-order valence-corrected chi connectivity index (χ0v) is 93.3. The predicted octanol–water partition coefficient (Wildman–Crippen LogP) is 15.8. The molecule has 21 saturated heterocycles. The summed E-state index contributed by atoms with van der Waals surface area (Å²) in [5, 5.41) is 96.8. The zero-order chi connectivity index (χ0) is 106. The Morgan fingerprint density at radius 3 is 0.340 bits per heavy atom. The maximum atomic E-state index is 13.8. The Bertz CT molecular complexity index is 2540. The van der Waals surface area contributed by atoms with E-state index in [0.717, 1.165) is 180 Å². The average Bonchev–Trinajstić information content (AvgIpc) is 0.845. The molecule has 21 fully saturated rings. The smallest absolute Gasteiger partial charge is 0.187 e. The van der Waals surface area contributed by atoms with Crippen LogP contribution in [0.2, 0.25) is 0 Å². The van der Waals surface area contributed by atoms with Crippen molar-refractivity contribution >= 4 is 0 Å². The first-order chi connectivity index (χ1) is 71.9. The Labute approximate surface area is 884 Å². The molecule has 147 heavy (non-hydrogen) atoms. The average molecular weight is 2120 g/mol. The van der Waals surface area contributed by atoms with Crippen LogP contribution in [0.15, 0.2) is 0 Å². The van der Waals surface area contributed by atoms with Crippen LogP contribution in [-0.2, 0) is 133 Å². The van der Waals surface area contributed by atoms with Crippen LogP contribution < -0.4 is 0 Å². The van der Waals surface area contributed by atoms with Crippen molar-refractivity contribution in [3.8, 4) is 0 Å². The van der Waals surface area contributed by atoms with E-state index in [1.54, 1.807) is 0 Å². The van der Waals surface area contributed by atoms with E-state index in [1.807, 2.05) is 0 Å². The number of unbranched alkanes of at least 4 members (excludes halogenated alkanes) is 28. The minimum Gasteiger partial charge on any atom is -0.387 e. The Hall–Kier alpha value is -1.40. The first-order valence-electron chi connectivity index (χ1n) is 59.2. The summed E-state index contributed by atoms with van der Waals surface area (Å²) in [5.74, 6) is 0. The molecule has 35 nitrogen and oxygen atoms in total. The quantitative estimate of drug-likeness (QED) is 0.0278. The van der Waals surface area contributed by atoms with E-state index >= 15 is 0 Å². The second-order valence-electron chi connectivity index (χ2n) is 41.7. The van der Waals surface area contributed by atoms with E-state index in [4.69, 9.17) is 133 Å². The van der Waals surface area contributed by atoms with Gasteiger partial charge < -0.3 is 168 Å². The summed E-state index contributed by atoms with van der Waals surface area (Å²) in [6, 6.07) is 0. The fourth-order valence-electron chi connectivity index (χ4n) is 20.0. The van der Waals surface area contributed by atoms with Gasteiger partial charge in [-0.05, 0) is 89.9 Å². The van der Waals surface area contributed by atoms with Crippen molar-refractivity contribution in [2.75, 3.05) is 139 Å². The van der Waals surface area contributed by atoms with E-state index in [2.05, 4.69) is 96.9 Å². The molecule has 0 saturated carbocycles. The molecule has 0 aromatic carbocycles. The number of hydrogen-bond acceptors (Lipinski definition) is 35. The molecule has 0 aromatic heterocycles. The lowest BCUT2D eigenvalue weighted by Gasteiger charge is -2.51. The van der Waals surface area contributed by atoms with E-state index in [0.29, 0.717) is 136 Å². The van der Waals surface area contributed by atoms with E-state index in [1.165, 1.54) is 0 Å². The molecule has 21 rings (SSSR count). The SMILES string of the molecule is CCCCCOC[C@H]1O[C@@H]2O[C@H]3[C@H](O)[C@@H](OCCCCC)[C@@H](O[C@H]4[C@H](O)[C@@H](OCCCCC)[C@@H](O[C@H]5[C@H](O)[C@@H](OCCCCC)[C@@H](O[C@H]6[C@H](O)[C@@H](OCCCCC)[C@@H](O[C@H]7[C@H](O)[C@@H](OCCCCC)[C@@H](O[C@H]8[C@H](O)[C@@H](OCCCCC)[C@@H](O[C@H]1[C@H](O)[C@H]2OCCCCC)O[C@@H]8COCCCCC)O[C@@H]7COCCCCC)O[C@@H]6COCCCCC)O[C@@H]5COCCCCC)O[C@@H]4COCCCCC)O[C@@H]3COCCCCC. The van der Waals surface area contributed by atoms with Crippen LogP contribution >= 0.6 is 0 Å². The minimum absolute atomic E-state index is 0.132. The van der Waals surface area contributed by atoms with Crippen LogP contribution in [0.1, 0.15) is 367 Å². The molecule has 35 atom stereocenters. The van der Waals surface area contributed by atoms with Crippen molar-refractivity contribution in [1.82, 2.24) is 0 Å². The molecule has 868 valence electrons. The van der Waals surface area contributed by atoms with Crippen molar-refractivity contribution in [3.63, 3.8) is 0 Å². The van der Waals surface area contributed by atoms with Gasteiger partial charge in [0, 0.05) is 92.5 Å². The second kappa shape index (κ2) is 78.7. The fourth-order valence-corrected chi connectivity index (χ4v) is 20.0. The molecule has 21 heterocycles. The molecular formula is C112H210O35. The van der Waals surface area contributed by atoms with Gasteiger partial charge >= 0.3 is 0 Å². The van der Waals surface area contributed by atoms with Crippen molar-refractivity contribution in [3.05, 3.63) is 0 Å². The summed E-state index contributed by atoms with van der Waals surface area (Å²) in [6.45, 7) is 31.4. The highest BCUT2D eigenvalue weighted by Crippen LogP contribution is 2.44. The van der Waals surface area contributed by atoms with Crippen LogP contribution in [0.4, 0.5) is 0 Å². The Kier molecular flexibility index (Phi) is 70.0. The third-order valence-corrected chi connectivity index (χ3v) is 29.0. The van der Waals surface area contributed by atoms with Crippen molar-refractivity contribution in [1.29, 1.82) is 0 Å². The topological polar surface area (TPSA) is 400 Å². The Balaban J connectivity index is 1.41. The predicted molar refractivity (Wildman–Crippen MR) is 554 cm³/mol. The maximum absolute atomic E-state index is 13.8. The summed E-state index contributed by atoms with van der Waals surface area (Å²) < 4.78 is 198. The Morgan fingerprint density at radius 2 is 0.238 bits per heavy atom. The molecule has 0 unspecified atom stereocenters. The van der Waals surface area contributed by atoms with Gasteiger partial charge in [0.05, 0.1) is 46.2 Å². The molecule has 14 bridgehead atoms. The number of aliphatic hydroxyl groups is 7. The summed E-state index contributed by atoms with van der Waals surface area (Å²) in [7, 11) is 0. The molecule has 35 heteroatoms. The third-order valence-electron chi connectivity index (χ3n) is 29.0. The van der Waals surface area contributed by atoms with E-state index in [-0.39, 0.29) is 92.5 Å².